The molecule has 0 fully saturated rings. The number of ether oxygens (including phenoxy) is 1. The second kappa shape index (κ2) is 4.38. The van der Waals surface area contributed by atoms with Crippen LogP contribution in [0.1, 0.15) is 5.56 Å². The van der Waals surface area contributed by atoms with Gasteiger partial charge in [0, 0.05) is 14.4 Å². The molecule has 0 bridgehead atoms. The summed E-state index contributed by atoms with van der Waals surface area (Å²) in [5.74, 6) is 1.11. The minimum atomic E-state index is 0.391. The Hall–Kier alpha value is 1.21. The molecule has 0 saturated heterocycles. The molecule has 1 aromatic carbocycles. The van der Waals surface area contributed by atoms with Gasteiger partial charge in [-0.15, -0.1) is 0 Å². The molecular formula is C9H7I3O. The monoisotopic (exact) mass is 512 g/mol. The quantitative estimate of drug-likeness (QED) is 0.413. The van der Waals surface area contributed by atoms with Crippen molar-refractivity contribution in [1.29, 1.82) is 0 Å². The predicted octanol–water partition coefficient (Wildman–Crippen LogP) is 3.63. The summed E-state index contributed by atoms with van der Waals surface area (Å²) in [6.45, 7) is 0. The molecule has 4 heteroatoms. The lowest BCUT2D eigenvalue weighted by molar-refractivity contribution is 0.261. The summed E-state index contributed by atoms with van der Waals surface area (Å²) in [6, 6.07) is 4.39. The molecule has 0 radical (unpaired) electrons. The van der Waals surface area contributed by atoms with E-state index in [1.165, 1.54) is 12.7 Å². The van der Waals surface area contributed by atoms with Crippen molar-refractivity contribution in [2.24, 2.45) is 0 Å². The van der Waals surface area contributed by atoms with Crippen LogP contribution in [0.3, 0.4) is 0 Å². The van der Waals surface area contributed by atoms with Gasteiger partial charge in [0.1, 0.15) is 11.9 Å². The van der Waals surface area contributed by atoms with Gasteiger partial charge in [0.2, 0.25) is 0 Å². The van der Waals surface area contributed by atoms with Crippen LogP contribution < -0.4 is 4.74 Å². The third-order valence-electron chi connectivity index (χ3n) is 1.99. The molecule has 2 rings (SSSR count). The van der Waals surface area contributed by atoms with Gasteiger partial charge in [-0.2, -0.15) is 0 Å². The van der Waals surface area contributed by atoms with E-state index in [2.05, 4.69) is 79.9 Å². The minimum Gasteiger partial charge on any atom is -0.488 e. The Kier molecular flexibility index (Phi) is 3.61. The smallest absolute Gasteiger partial charge is 0.136 e. The van der Waals surface area contributed by atoms with E-state index in [1.54, 1.807) is 0 Å². The summed E-state index contributed by atoms with van der Waals surface area (Å²) in [7, 11) is 0. The molecule has 0 N–H and O–H groups in total. The van der Waals surface area contributed by atoms with Crippen LogP contribution in [0, 0.1) is 7.14 Å². The van der Waals surface area contributed by atoms with Crippen LogP contribution in [0.5, 0.6) is 5.75 Å². The second-order valence-electron chi connectivity index (χ2n) is 2.97. The first-order chi connectivity index (χ1) is 6.20. The van der Waals surface area contributed by atoms with Gasteiger partial charge in [-0.1, -0.05) is 22.6 Å². The lowest BCUT2D eigenvalue weighted by Gasteiger charge is -2.06. The van der Waals surface area contributed by atoms with E-state index in [9.17, 15) is 0 Å². The molecule has 13 heavy (non-hydrogen) atoms. The van der Waals surface area contributed by atoms with Crippen LogP contribution >= 0.6 is 67.8 Å². The maximum atomic E-state index is 5.82. The number of alkyl halides is 1. The Morgan fingerprint density at radius 3 is 2.85 bits per heavy atom. The van der Waals surface area contributed by atoms with Gasteiger partial charge in [-0.25, -0.2) is 0 Å². The van der Waals surface area contributed by atoms with Gasteiger partial charge in [-0.05, 0) is 62.9 Å². The molecule has 1 atom stereocenters. The highest BCUT2D eigenvalue weighted by Gasteiger charge is 2.24. The molecule has 0 spiro atoms. The van der Waals surface area contributed by atoms with Crippen molar-refractivity contribution in [2.45, 2.75) is 12.5 Å². The average Bonchev–Trinajstić information content (AvgIpc) is 2.47. The number of hydrogen-bond donors (Lipinski definition) is 0. The molecule has 1 unspecified atom stereocenters. The Morgan fingerprint density at radius 2 is 2.15 bits per heavy atom. The van der Waals surface area contributed by atoms with E-state index in [1.807, 2.05) is 0 Å². The number of rotatable bonds is 1. The molecular weight excluding hydrogens is 505 g/mol. The van der Waals surface area contributed by atoms with Crippen molar-refractivity contribution >= 4 is 67.8 Å². The van der Waals surface area contributed by atoms with Gasteiger partial charge >= 0.3 is 0 Å². The van der Waals surface area contributed by atoms with Crippen molar-refractivity contribution in [3.8, 4) is 5.75 Å². The van der Waals surface area contributed by atoms with Crippen LogP contribution in [0.4, 0.5) is 0 Å². The van der Waals surface area contributed by atoms with Crippen molar-refractivity contribution in [2.75, 3.05) is 4.43 Å². The topological polar surface area (TPSA) is 9.23 Å². The minimum absolute atomic E-state index is 0.391. The van der Waals surface area contributed by atoms with Crippen molar-refractivity contribution in [1.82, 2.24) is 0 Å². The number of halogens is 3. The van der Waals surface area contributed by atoms with E-state index in [0.717, 1.165) is 16.6 Å². The fourth-order valence-electron chi connectivity index (χ4n) is 1.44. The summed E-state index contributed by atoms with van der Waals surface area (Å²) >= 11 is 7.08. The zero-order valence-corrected chi connectivity index (χ0v) is 13.2. The molecule has 0 aromatic heterocycles. The summed E-state index contributed by atoms with van der Waals surface area (Å²) < 4.78 is 9.44. The van der Waals surface area contributed by atoms with Crippen LogP contribution in [0.15, 0.2) is 12.1 Å². The van der Waals surface area contributed by atoms with Crippen molar-refractivity contribution < 1.29 is 4.74 Å². The summed E-state index contributed by atoms with van der Waals surface area (Å²) in [6.07, 6.45) is 1.47. The third-order valence-corrected chi connectivity index (χ3v) is 4.40. The van der Waals surface area contributed by atoms with Gasteiger partial charge < -0.3 is 4.74 Å². The van der Waals surface area contributed by atoms with Crippen LogP contribution in [0.25, 0.3) is 0 Å². The third kappa shape index (κ3) is 2.24. The van der Waals surface area contributed by atoms with Gasteiger partial charge in [-0.3, -0.25) is 0 Å². The number of hydrogen-bond acceptors (Lipinski definition) is 1. The highest BCUT2D eigenvalue weighted by Crippen LogP contribution is 2.35. The fourth-order valence-corrected chi connectivity index (χ4v) is 4.02. The Labute approximate surface area is 118 Å². The van der Waals surface area contributed by atoms with Crippen LogP contribution in [-0.4, -0.2) is 10.5 Å². The lowest BCUT2D eigenvalue weighted by atomic mass is 10.1. The Balaban J connectivity index is 2.40. The molecule has 0 amide bonds. The molecule has 1 nitrogen and oxygen atoms in total. The molecule has 70 valence electrons. The highest BCUT2D eigenvalue weighted by molar-refractivity contribution is 14.1. The molecule has 1 aliphatic heterocycles. The van der Waals surface area contributed by atoms with Crippen LogP contribution in [0.2, 0.25) is 0 Å². The maximum absolute atomic E-state index is 5.82. The molecule has 0 saturated carbocycles. The molecule has 1 heterocycles. The first-order valence-corrected chi connectivity index (χ1v) is 7.59. The van der Waals surface area contributed by atoms with E-state index < -0.39 is 0 Å². The zero-order valence-electron chi connectivity index (χ0n) is 6.69. The van der Waals surface area contributed by atoms with Gasteiger partial charge in [0.25, 0.3) is 0 Å². The van der Waals surface area contributed by atoms with Gasteiger partial charge in [0.15, 0.2) is 0 Å². The Bertz CT molecular complexity index is 338. The van der Waals surface area contributed by atoms with Crippen molar-refractivity contribution in [3.05, 3.63) is 24.8 Å². The largest absolute Gasteiger partial charge is 0.488 e. The summed E-state index contributed by atoms with van der Waals surface area (Å²) in [5.41, 5.74) is 1.37. The maximum Gasteiger partial charge on any atom is 0.136 e. The normalized spacial score (nSPS) is 19.8. The number of fused-ring (bicyclic) bond motifs is 1. The molecule has 1 aromatic rings. The highest BCUT2D eigenvalue weighted by atomic mass is 127. The van der Waals surface area contributed by atoms with Crippen LogP contribution in [-0.2, 0) is 6.42 Å². The van der Waals surface area contributed by atoms with E-state index in [4.69, 9.17) is 4.74 Å². The van der Waals surface area contributed by atoms with Crippen molar-refractivity contribution in [3.63, 3.8) is 0 Å². The number of benzene rings is 1. The summed E-state index contributed by atoms with van der Waals surface area (Å²) in [5, 5.41) is 0. The van der Waals surface area contributed by atoms with E-state index in [0.29, 0.717) is 6.10 Å². The summed E-state index contributed by atoms with van der Waals surface area (Å²) in [4.78, 5) is 0. The molecule has 1 aliphatic rings. The Morgan fingerprint density at radius 1 is 1.38 bits per heavy atom. The standard InChI is InChI=1S/C9H7I3O/c10-4-7-2-5-1-6(11)3-8(12)9(5)13-7/h1,3,7H,2,4H2. The zero-order chi connectivity index (χ0) is 9.42. The van der Waals surface area contributed by atoms with E-state index >= 15 is 0 Å². The van der Waals surface area contributed by atoms with Gasteiger partial charge in [0.05, 0.1) is 3.57 Å². The lowest BCUT2D eigenvalue weighted by Crippen LogP contribution is -2.13. The molecule has 0 aliphatic carbocycles. The first kappa shape index (κ1) is 10.7. The first-order valence-electron chi connectivity index (χ1n) is 3.91. The second-order valence-corrected chi connectivity index (χ2v) is 6.26. The SMILES string of the molecule is ICC1Cc2cc(I)cc(I)c2O1. The fraction of sp³-hybridized carbons (Fsp3) is 0.333. The van der Waals surface area contributed by atoms with E-state index in [-0.39, 0.29) is 0 Å². The predicted molar refractivity (Wildman–Crippen MR) is 78.9 cm³/mol. The average molecular weight is 512 g/mol.